The molecule has 5 heteroatoms. The topological polar surface area (TPSA) is 44.8 Å². The molecule has 0 aliphatic heterocycles. The van der Waals surface area contributed by atoms with Crippen LogP contribution < -0.4 is 0 Å². The van der Waals surface area contributed by atoms with Crippen LogP contribution in [-0.4, -0.2) is 19.3 Å². The molecule has 0 bridgehead atoms. The lowest BCUT2D eigenvalue weighted by atomic mass is 10.0. The molecule has 18 heavy (non-hydrogen) atoms. The number of phosphoric ester groups is 1. The maximum atomic E-state index is 12.3. The van der Waals surface area contributed by atoms with Crippen LogP contribution in [0.25, 0.3) is 0 Å². The van der Waals surface area contributed by atoms with Gasteiger partial charge in [0, 0.05) is 0 Å². The highest BCUT2D eigenvalue weighted by Gasteiger charge is 2.31. The average molecular weight is 280 g/mol. The van der Waals surface area contributed by atoms with Crippen molar-refractivity contribution in [1.82, 2.24) is 0 Å². The highest BCUT2D eigenvalue weighted by Crippen LogP contribution is 2.51. The Bertz CT molecular complexity index is 233. The van der Waals surface area contributed by atoms with E-state index in [9.17, 15) is 4.57 Å². The first-order valence-electron chi connectivity index (χ1n) is 7.06. The third-order valence-corrected chi connectivity index (χ3v) is 4.35. The highest BCUT2D eigenvalue weighted by molar-refractivity contribution is 7.48. The molecule has 0 aliphatic carbocycles. The minimum Gasteiger partial charge on any atom is -0.287 e. The minimum atomic E-state index is -3.38. The zero-order valence-corrected chi connectivity index (χ0v) is 13.4. The summed E-state index contributed by atoms with van der Waals surface area (Å²) in [6.45, 7) is 10.5. The fourth-order valence-electron chi connectivity index (χ4n) is 1.68. The summed E-state index contributed by atoms with van der Waals surface area (Å²) < 4.78 is 28.3. The van der Waals surface area contributed by atoms with Crippen molar-refractivity contribution in [3.63, 3.8) is 0 Å². The van der Waals surface area contributed by atoms with E-state index in [0.29, 0.717) is 19.1 Å². The molecule has 0 heterocycles. The SMILES string of the molecule is CCCCCC(OP(=O)(OCC)OCC)C(C)C. The average Bonchev–Trinajstić information content (AvgIpc) is 2.28. The van der Waals surface area contributed by atoms with Gasteiger partial charge in [-0.2, -0.15) is 0 Å². The lowest BCUT2D eigenvalue weighted by Crippen LogP contribution is -2.20. The van der Waals surface area contributed by atoms with Crippen molar-refractivity contribution < 1.29 is 18.1 Å². The Hall–Kier alpha value is 0.110. The first-order chi connectivity index (χ1) is 8.49. The molecule has 0 aromatic heterocycles. The predicted octanol–water partition coefficient (Wildman–Crippen LogP) is 4.79. The van der Waals surface area contributed by atoms with E-state index in [1.807, 2.05) is 0 Å². The summed E-state index contributed by atoms with van der Waals surface area (Å²) in [6, 6.07) is 0. The van der Waals surface area contributed by atoms with E-state index >= 15 is 0 Å². The molecule has 1 atom stereocenters. The van der Waals surface area contributed by atoms with E-state index in [-0.39, 0.29) is 6.10 Å². The second-order valence-corrected chi connectivity index (χ2v) is 6.29. The van der Waals surface area contributed by atoms with Crippen LogP contribution in [0.5, 0.6) is 0 Å². The van der Waals surface area contributed by atoms with Crippen LogP contribution in [0.15, 0.2) is 0 Å². The quantitative estimate of drug-likeness (QED) is 0.403. The molecule has 0 aromatic rings. The second-order valence-electron chi connectivity index (χ2n) is 4.67. The molecule has 0 N–H and O–H groups in total. The molecular formula is C13H29O4P. The van der Waals surface area contributed by atoms with Crippen LogP contribution in [0.2, 0.25) is 0 Å². The largest absolute Gasteiger partial charge is 0.475 e. The lowest BCUT2D eigenvalue weighted by molar-refractivity contribution is 0.0570. The van der Waals surface area contributed by atoms with E-state index in [0.717, 1.165) is 12.8 Å². The standard InChI is InChI=1S/C13H29O4P/c1-6-9-10-11-13(12(4)5)17-18(14,15-7-2)16-8-3/h12-13H,6-11H2,1-5H3. The number of phosphoric acid groups is 1. The van der Waals surface area contributed by atoms with Crippen LogP contribution in [-0.2, 0) is 18.1 Å². The summed E-state index contributed by atoms with van der Waals surface area (Å²) in [6.07, 6.45) is 4.24. The van der Waals surface area contributed by atoms with E-state index in [2.05, 4.69) is 20.8 Å². The Morgan fingerprint density at radius 3 is 1.94 bits per heavy atom. The van der Waals surface area contributed by atoms with Crippen LogP contribution in [0.4, 0.5) is 0 Å². The van der Waals surface area contributed by atoms with Crippen molar-refractivity contribution in [2.45, 2.75) is 66.4 Å². The van der Waals surface area contributed by atoms with Crippen molar-refractivity contribution in [2.75, 3.05) is 13.2 Å². The van der Waals surface area contributed by atoms with Crippen LogP contribution in [0, 0.1) is 5.92 Å². The molecule has 110 valence electrons. The van der Waals surface area contributed by atoms with Crippen LogP contribution in [0.1, 0.15) is 60.3 Å². The van der Waals surface area contributed by atoms with Gasteiger partial charge in [-0.05, 0) is 26.2 Å². The summed E-state index contributed by atoms with van der Waals surface area (Å²) in [5.41, 5.74) is 0. The van der Waals surface area contributed by atoms with Gasteiger partial charge in [-0.3, -0.25) is 13.6 Å². The number of hydrogen-bond donors (Lipinski definition) is 0. The van der Waals surface area contributed by atoms with Gasteiger partial charge in [-0.15, -0.1) is 0 Å². The zero-order valence-electron chi connectivity index (χ0n) is 12.5. The lowest BCUT2D eigenvalue weighted by Gasteiger charge is -2.25. The van der Waals surface area contributed by atoms with Crippen molar-refractivity contribution in [3.8, 4) is 0 Å². The Morgan fingerprint density at radius 1 is 1.00 bits per heavy atom. The first-order valence-corrected chi connectivity index (χ1v) is 8.52. The summed E-state index contributed by atoms with van der Waals surface area (Å²) in [4.78, 5) is 0. The summed E-state index contributed by atoms with van der Waals surface area (Å²) in [5, 5.41) is 0. The van der Waals surface area contributed by atoms with Crippen molar-refractivity contribution in [2.24, 2.45) is 5.92 Å². The van der Waals surface area contributed by atoms with E-state index in [4.69, 9.17) is 13.6 Å². The van der Waals surface area contributed by atoms with Gasteiger partial charge < -0.3 is 0 Å². The molecule has 1 unspecified atom stereocenters. The molecule has 0 fully saturated rings. The summed E-state index contributed by atoms with van der Waals surface area (Å²) in [7, 11) is -3.38. The molecule has 0 saturated carbocycles. The van der Waals surface area contributed by atoms with Gasteiger partial charge in [0.2, 0.25) is 0 Å². The van der Waals surface area contributed by atoms with Crippen LogP contribution >= 0.6 is 7.82 Å². The number of unbranched alkanes of at least 4 members (excludes halogenated alkanes) is 2. The molecule has 0 radical (unpaired) electrons. The minimum absolute atomic E-state index is 0.0690. The summed E-state index contributed by atoms with van der Waals surface area (Å²) >= 11 is 0. The highest BCUT2D eigenvalue weighted by atomic mass is 31.2. The van der Waals surface area contributed by atoms with E-state index in [1.165, 1.54) is 12.8 Å². The number of hydrogen-bond acceptors (Lipinski definition) is 4. The van der Waals surface area contributed by atoms with Crippen molar-refractivity contribution >= 4 is 7.82 Å². The Kier molecular flexibility index (Phi) is 10.0. The summed E-state index contributed by atoms with van der Waals surface area (Å²) in [5.74, 6) is 0.302. The van der Waals surface area contributed by atoms with Gasteiger partial charge in [-0.25, -0.2) is 4.57 Å². The third kappa shape index (κ3) is 7.52. The fourth-order valence-corrected chi connectivity index (χ4v) is 3.19. The van der Waals surface area contributed by atoms with E-state index in [1.54, 1.807) is 13.8 Å². The van der Waals surface area contributed by atoms with Gasteiger partial charge in [-0.1, -0.05) is 40.0 Å². The van der Waals surface area contributed by atoms with Gasteiger partial charge in [0.15, 0.2) is 0 Å². The van der Waals surface area contributed by atoms with Gasteiger partial charge in [0.25, 0.3) is 0 Å². The van der Waals surface area contributed by atoms with Gasteiger partial charge in [0.1, 0.15) is 0 Å². The normalized spacial score (nSPS) is 14.1. The zero-order chi connectivity index (χ0) is 14.0. The Morgan fingerprint density at radius 2 is 1.56 bits per heavy atom. The molecule has 0 saturated heterocycles. The Labute approximate surface area is 112 Å². The molecule has 4 nitrogen and oxygen atoms in total. The maximum Gasteiger partial charge on any atom is 0.475 e. The van der Waals surface area contributed by atoms with Gasteiger partial charge >= 0.3 is 7.82 Å². The molecular weight excluding hydrogens is 251 g/mol. The fraction of sp³-hybridized carbons (Fsp3) is 1.00. The predicted molar refractivity (Wildman–Crippen MR) is 74.7 cm³/mol. The molecule has 0 spiro atoms. The monoisotopic (exact) mass is 280 g/mol. The Balaban J connectivity index is 4.46. The molecule has 0 aliphatic rings. The smallest absolute Gasteiger partial charge is 0.287 e. The second kappa shape index (κ2) is 9.96. The molecule has 0 amide bonds. The molecule has 0 rings (SSSR count). The van der Waals surface area contributed by atoms with Crippen molar-refractivity contribution in [1.29, 1.82) is 0 Å². The van der Waals surface area contributed by atoms with E-state index < -0.39 is 7.82 Å². The molecule has 0 aromatic carbocycles. The maximum absolute atomic E-state index is 12.3. The van der Waals surface area contributed by atoms with Crippen LogP contribution in [0.3, 0.4) is 0 Å². The van der Waals surface area contributed by atoms with Gasteiger partial charge in [0.05, 0.1) is 19.3 Å². The number of rotatable bonds is 11. The van der Waals surface area contributed by atoms with Crippen molar-refractivity contribution in [3.05, 3.63) is 0 Å². The third-order valence-electron chi connectivity index (χ3n) is 2.67. The first kappa shape index (κ1) is 18.1.